The van der Waals surface area contributed by atoms with E-state index < -0.39 is 13.8 Å². The minimum Gasteiger partial charge on any atom is -1.00 e. The van der Waals surface area contributed by atoms with Crippen LogP contribution in [-0.4, -0.2) is 6.61 Å². The minimum atomic E-state index is -3.16. The number of hydrogen-bond donors (Lipinski definition) is 0. The Labute approximate surface area is 94.8 Å². The van der Waals surface area contributed by atoms with Gasteiger partial charge < -0.3 is 37.2 Å². The normalized spacial score (nSPS) is 6.80. The van der Waals surface area contributed by atoms with Gasteiger partial charge in [-0.3, -0.25) is 0 Å². The molecular formula is C2H5Cl6OTi. The third-order valence-electron chi connectivity index (χ3n) is 0.308. The van der Waals surface area contributed by atoms with Crippen LogP contribution in [0.5, 0.6) is 0 Å². The third kappa shape index (κ3) is 22.4. The molecule has 1 nitrogen and oxygen atoms in total. The Morgan fingerprint density at radius 2 is 1.40 bits per heavy atom. The van der Waals surface area contributed by atoms with Crippen LogP contribution in [0.2, 0.25) is 0 Å². The first-order valence-electron chi connectivity index (χ1n) is 1.77. The molecule has 65 valence electrons. The van der Waals surface area contributed by atoms with Crippen molar-refractivity contribution in [3.05, 3.63) is 0 Å². The zero-order chi connectivity index (χ0) is 5.91. The van der Waals surface area contributed by atoms with Gasteiger partial charge in [0.2, 0.25) is 0 Å². The molecular weight excluding hydrogens is 301 g/mol. The predicted octanol–water partition coefficient (Wildman–Crippen LogP) is -6.43. The van der Waals surface area contributed by atoms with Crippen LogP contribution in [-0.2, 0) is 17.1 Å². The maximum Gasteiger partial charge on any atom is -1.00 e. The Morgan fingerprint density at radius 1 is 1.10 bits per heavy atom. The first-order chi connectivity index (χ1) is 3.06. The molecule has 0 saturated heterocycles. The average molecular weight is 306 g/mol. The monoisotopic (exact) mass is 303 g/mol. The fourth-order valence-electron chi connectivity index (χ4n) is 0.164. The van der Waals surface area contributed by atoms with Crippen molar-refractivity contribution in [3.63, 3.8) is 0 Å². The zero-order valence-electron chi connectivity index (χ0n) is 4.88. The van der Waals surface area contributed by atoms with E-state index in [-0.39, 0.29) is 37.2 Å². The standard InChI is InChI=1S/C2H5O.6ClH.Ti/c1-2-3;;;;;;;/h2H2,1H3;6*1H;/q-1;;;;;;;+7/p-6. The quantitative estimate of drug-likeness (QED) is 0.461. The van der Waals surface area contributed by atoms with E-state index in [4.69, 9.17) is 31.2 Å². The van der Waals surface area contributed by atoms with Gasteiger partial charge >= 0.3 is 58.6 Å². The second kappa shape index (κ2) is 11.4. The largest absolute Gasteiger partial charge is 1.00 e. The molecule has 0 aliphatic rings. The summed E-state index contributed by atoms with van der Waals surface area (Å²) in [6.07, 6.45) is 0. The maximum atomic E-state index is 5.33. The summed E-state index contributed by atoms with van der Waals surface area (Å²) in [6, 6.07) is 0. The van der Waals surface area contributed by atoms with Crippen LogP contribution in [0, 0.1) is 0 Å². The first-order valence-corrected chi connectivity index (χ1v) is 8.85. The molecule has 0 aromatic heterocycles. The van der Waals surface area contributed by atoms with Gasteiger partial charge in [-0.15, -0.1) is 0 Å². The van der Waals surface area contributed by atoms with Crippen molar-refractivity contribution in [1.29, 1.82) is 0 Å². The van der Waals surface area contributed by atoms with Crippen LogP contribution in [0.25, 0.3) is 0 Å². The average Bonchev–Trinajstić information content (AvgIpc) is 1.30. The fraction of sp³-hybridized carbons (Fsp3) is 1.00. The van der Waals surface area contributed by atoms with Gasteiger partial charge in [-0.2, -0.15) is 0 Å². The van der Waals surface area contributed by atoms with Crippen molar-refractivity contribution < 1.29 is 54.3 Å². The van der Waals surface area contributed by atoms with E-state index in [1.165, 1.54) is 0 Å². The van der Waals surface area contributed by atoms with Gasteiger partial charge in [0.25, 0.3) is 0 Å². The number of hydrogen-bond acceptors (Lipinski definition) is 1. The molecule has 0 aromatic rings. The molecule has 0 amide bonds. The van der Waals surface area contributed by atoms with Crippen LogP contribution in [0.15, 0.2) is 0 Å². The first kappa shape index (κ1) is 22.8. The van der Waals surface area contributed by atoms with Crippen LogP contribution >= 0.6 is 27.9 Å². The number of rotatable bonds is 2. The van der Waals surface area contributed by atoms with E-state index in [0.29, 0.717) is 6.61 Å². The molecule has 0 fully saturated rings. The molecule has 0 unspecified atom stereocenters. The summed E-state index contributed by atoms with van der Waals surface area (Å²) in [5, 5.41) is 0. The predicted molar refractivity (Wildman–Crippen MR) is 29.2 cm³/mol. The molecule has 0 aliphatic carbocycles. The molecule has 0 spiro atoms. The van der Waals surface area contributed by atoms with Crippen LogP contribution in [0.4, 0.5) is 0 Å². The molecule has 0 bridgehead atoms. The van der Waals surface area contributed by atoms with Crippen molar-refractivity contribution in [3.8, 4) is 0 Å². The van der Waals surface area contributed by atoms with Gasteiger partial charge in [0.05, 0.1) is 0 Å². The number of halogens is 6. The van der Waals surface area contributed by atoms with Crippen molar-refractivity contribution in [2.45, 2.75) is 6.92 Å². The maximum absolute atomic E-state index is 5.33. The van der Waals surface area contributed by atoms with E-state index in [1.54, 1.807) is 6.92 Å². The summed E-state index contributed by atoms with van der Waals surface area (Å²) >= 11 is -3.16. The van der Waals surface area contributed by atoms with E-state index in [9.17, 15) is 0 Å². The Bertz CT molecular complexity index is 54.2. The van der Waals surface area contributed by atoms with Crippen molar-refractivity contribution >= 4 is 27.9 Å². The molecule has 0 heterocycles. The molecule has 0 radical (unpaired) electrons. The van der Waals surface area contributed by atoms with Crippen LogP contribution < -0.4 is 37.2 Å². The molecule has 0 rings (SSSR count). The minimum absolute atomic E-state index is 0. The van der Waals surface area contributed by atoms with Crippen molar-refractivity contribution in [2.24, 2.45) is 0 Å². The smallest absolute Gasteiger partial charge is 1.00 e. The van der Waals surface area contributed by atoms with Crippen LogP contribution in [0.1, 0.15) is 6.92 Å². The molecule has 8 heteroatoms. The zero-order valence-corrected chi connectivity index (χ0v) is 11.0. The van der Waals surface area contributed by atoms with Gasteiger partial charge in [0, 0.05) is 0 Å². The molecule has 0 saturated carbocycles. The summed E-state index contributed by atoms with van der Waals surface area (Å²) < 4.78 is 4.71. The summed E-state index contributed by atoms with van der Waals surface area (Å²) in [6.45, 7) is 2.30. The third-order valence-corrected chi connectivity index (χ3v) is 2.62. The molecule has 0 aromatic carbocycles. The van der Waals surface area contributed by atoms with E-state index >= 15 is 0 Å². The molecule has 0 atom stereocenters. The molecule has 0 N–H and O–H groups in total. The summed E-state index contributed by atoms with van der Waals surface area (Å²) in [4.78, 5) is 0. The van der Waals surface area contributed by atoms with Gasteiger partial charge in [-0.1, -0.05) is 0 Å². The Balaban J connectivity index is -0.0000000600. The van der Waals surface area contributed by atoms with Crippen molar-refractivity contribution in [2.75, 3.05) is 6.61 Å². The SMILES string of the molecule is CC[O][Ti+3]([Cl])([Cl])[Cl].[Cl-].[Cl-].[Cl-]. The second-order valence-electron chi connectivity index (χ2n) is 0.879. The molecule has 0 aliphatic heterocycles. The fourth-order valence-corrected chi connectivity index (χ4v) is 2.02. The Kier molecular flexibility index (Phi) is 26.1. The van der Waals surface area contributed by atoms with E-state index in [1.807, 2.05) is 0 Å². The summed E-state index contributed by atoms with van der Waals surface area (Å²) in [5.74, 6) is 0. The van der Waals surface area contributed by atoms with Gasteiger partial charge in [0.15, 0.2) is 0 Å². The second-order valence-corrected chi connectivity index (χ2v) is 11.7. The van der Waals surface area contributed by atoms with Gasteiger partial charge in [-0.05, 0) is 0 Å². The Hall–Kier alpha value is 2.41. The summed E-state index contributed by atoms with van der Waals surface area (Å²) in [5.41, 5.74) is 0. The summed E-state index contributed by atoms with van der Waals surface area (Å²) in [7, 11) is 16.0. The Morgan fingerprint density at radius 3 is 1.40 bits per heavy atom. The van der Waals surface area contributed by atoms with Gasteiger partial charge in [-0.25, -0.2) is 0 Å². The van der Waals surface area contributed by atoms with Crippen LogP contribution in [0.3, 0.4) is 0 Å². The van der Waals surface area contributed by atoms with Crippen molar-refractivity contribution in [1.82, 2.24) is 0 Å². The topological polar surface area (TPSA) is 9.23 Å². The van der Waals surface area contributed by atoms with E-state index in [2.05, 4.69) is 0 Å². The molecule has 10 heavy (non-hydrogen) atoms. The van der Waals surface area contributed by atoms with E-state index in [0.717, 1.165) is 0 Å². The van der Waals surface area contributed by atoms with Gasteiger partial charge in [0.1, 0.15) is 0 Å².